The van der Waals surface area contributed by atoms with Gasteiger partial charge < -0.3 is 19.7 Å². The van der Waals surface area contributed by atoms with Gasteiger partial charge in [0.05, 0.1) is 28.9 Å². The van der Waals surface area contributed by atoms with Crippen molar-refractivity contribution >= 4 is 22.7 Å². The number of piperidine rings is 1. The number of rotatable bonds is 3. The number of benzene rings is 2. The van der Waals surface area contributed by atoms with Crippen LogP contribution in [-0.4, -0.2) is 69.2 Å². The lowest BCUT2D eigenvalue weighted by Gasteiger charge is -2.39. The number of fused-ring (bicyclic) bond motifs is 1. The summed E-state index contributed by atoms with van der Waals surface area (Å²) in [7, 11) is -0.984. The van der Waals surface area contributed by atoms with Crippen LogP contribution >= 0.6 is 0 Å². The Balaban J connectivity index is 1.22. The van der Waals surface area contributed by atoms with Gasteiger partial charge in [0.25, 0.3) is 0 Å². The summed E-state index contributed by atoms with van der Waals surface area (Å²) in [5.74, 6) is 0.966. The predicted octanol–water partition coefficient (Wildman–Crippen LogP) is 4.45. The maximum atomic E-state index is 12.8. The average molecular weight is 498 g/mol. The van der Waals surface area contributed by atoms with Crippen LogP contribution in [0.25, 0.3) is 11.1 Å². The normalized spacial score (nSPS) is 20.8. The Bertz CT molecular complexity index is 1100. The van der Waals surface area contributed by atoms with Gasteiger partial charge in [-0.1, -0.05) is 18.2 Å². The zero-order valence-corrected chi connectivity index (χ0v) is 21.7. The molecule has 3 aliphatic heterocycles. The maximum absolute atomic E-state index is 12.8. The van der Waals surface area contributed by atoms with Crippen molar-refractivity contribution in [2.75, 3.05) is 44.7 Å². The molecule has 1 atom stereocenters. The van der Waals surface area contributed by atoms with Gasteiger partial charge in [0, 0.05) is 51.1 Å². The number of anilines is 1. The van der Waals surface area contributed by atoms with Gasteiger partial charge in [0.1, 0.15) is 11.4 Å². The lowest BCUT2D eigenvalue weighted by Crippen LogP contribution is -2.50. The molecule has 8 heteroatoms. The number of nitrogens with zero attached hydrogens (tertiary/aromatic N) is 2. The number of hydrogen-bond acceptors (Lipinski definition) is 4. The highest BCUT2D eigenvalue weighted by atomic mass is 32.2. The van der Waals surface area contributed by atoms with E-state index >= 15 is 0 Å². The summed E-state index contributed by atoms with van der Waals surface area (Å²) in [6.07, 6.45) is 2.66. The van der Waals surface area contributed by atoms with E-state index in [9.17, 15) is 9.00 Å². The Morgan fingerprint density at radius 2 is 1.63 bits per heavy atom. The van der Waals surface area contributed by atoms with Gasteiger partial charge >= 0.3 is 6.03 Å². The summed E-state index contributed by atoms with van der Waals surface area (Å²) >= 11 is 0. The van der Waals surface area contributed by atoms with E-state index in [1.807, 2.05) is 45.0 Å². The Hall–Kier alpha value is -2.42. The smallest absolute Gasteiger partial charge is 0.321 e. The molecular formula is C27H35N3O4S. The van der Waals surface area contributed by atoms with Crippen LogP contribution < -0.4 is 10.1 Å². The largest absolute Gasteiger partial charge is 0.487 e. The average Bonchev–Trinajstić information content (AvgIpc) is 3.21. The number of ether oxygens (including phenoxy) is 2. The number of morpholine rings is 1. The second kappa shape index (κ2) is 9.56. The fourth-order valence-electron chi connectivity index (χ4n) is 5.05. The first-order valence-corrected chi connectivity index (χ1v) is 13.6. The molecule has 0 aliphatic carbocycles. The van der Waals surface area contributed by atoms with Crippen molar-refractivity contribution in [1.29, 1.82) is 0 Å². The predicted molar refractivity (Wildman–Crippen MR) is 139 cm³/mol. The van der Waals surface area contributed by atoms with Crippen molar-refractivity contribution < 1.29 is 18.5 Å². The number of amides is 2. The Labute approximate surface area is 210 Å². The van der Waals surface area contributed by atoms with E-state index in [1.54, 1.807) is 4.90 Å². The van der Waals surface area contributed by atoms with Gasteiger partial charge in [-0.15, -0.1) is 0 Å². The van der Waals surface area contributed by atoms with Crippen LogP contribution in [-0.2, 0) is 22.1 Å². The summed E-state index contributed by atoms with van der Waals surface area (Å²) in [4.78, 5) is 14.2. The zero-order chi connectivity index (χ0) is 24.6. The Morgan fingerprint density at radius 3 is 2.29 bits per heavy atom. The van der Waals surface area contributed by atoms with Crippen molar-refractivity contribution in [2.45, 2.75) is 50.4 Å². The van der Waals surface area contributed by atoms with E-state index < -0.39 is 11.0 Å². The molecule has 0 radical (unpaired) electrons. The fourth-order valence-corrected chi connectivity index (χ4v) is 6.34. The van der Waals surface area contributed by atoms with Gasteiger partial charge in [-0.2, -0.15) is 0 Å². The van der Waals surface area contributed by atoms with Gasteiger partial charge in [-0.25, -0.2) is 13.3 Å². The molecule has 2 fully saturated rings. The second-order valence-electron chi connectivity index (χ2n) is 10.7. The van der Waals surface area contributed by atoms with Crippen LogP contribution in [0, 0.1) is 0 Å². The Kier molecular flexibility index (Phi) is 6.63. The number of carbonyl (C=O) groups is 1. The first-order chi connectivity index (χ1) is 16.7. The van der Waals surface area contributed by atoms with Crippen molar-refractivity contribution in [3.63, 3.8) is 0 Å². The molecule has 1 spiro atoms. The van der Waals surface area contributed by atoms with E-state index in [0.29, 0.717) is 26.3 Å². The number of carbonyl (C=O) groups excluding carboxylic acids is 1. The second-order valence-corrected chi connectivity index (χ2v) is 12.9. The van der Waals surface area contributed by atoms with Crippen LogP contribution in [0.1, 0.15) is 39.2 Å². The lowest BCUT2D eigenvalue weighted by molar-refractivity contribution is 0.0414. The molecule has 3 aliphatic rings. The molecule has 2 aromatic carbocycles. The van der Waals surface area contributed by atoms with Gasteiger partial charge in [-0.05, 0) is 61.7 Å². The Morgan fingerprint density at radius 1 is 0.971 bits per heavy atom. The van der Waals surface area contributed by atoms with Crippen LogP contribution in [0.5, 0.6) is 5.75 Å². The molecule has 1 N–H and O–H groups in total. The molecule has 2 amide bonds. The third kappa shape index (κ3) is 5.25. The van der Waals surface area contributed by atoms with E-state index in [1.165, 1.54) is 5.56 Å². The minimum Gasteiger partial charge on any atom is -0.487 e. The molecule has 1 unspecified atom stereocenters. The van der Waals surface area contributed by atoms with Crippen LogP contribution in [0.15, 0.2) is 42.5 Å². The standard InChI is InChI=1S/C27H35N3O4S/c1-26(2,3)35(32)30-12-10-27(11-13-30)19-22-18-21(6-9-24(22)34-27)20-4-7-23(8-5-20)28-25(31)29-14-16-33-17-15-29/h4-9,18H,10-17,19H2,1-3H3,(H,28,31). The SMILES string of the molecule is CC(C)(C)S(=O)N1CCC2(CC1)Cc1cc(-c3ccc(NC(=O)N4CCOCC4)cc3)ccc1O2. The summed E-state index contributed by atoms with van der Waals surface area (Å²) in [6.45, 7) is 10.1. The van der Waals surface area contributed by atoms with E-state index in [0.717, 1.165) is 54.9 Å². The third-order valence-corrected chi connectivity index (χ3v) is 8.94. The van der Waals surface area contributed by atoms with Crippen LogP contribution in [0.4, 0.5) is 10.5 Å². The molecule has 2 aromatic rings. The monoisotopic (exact) mass is 497 g/mol. The van der Waals surface area contributed by atoms with Gasteiger partial charge in [-0.3, -0.25) is 0 Å². The van der Waals surface area contributed by atoms with E-state index in [4.69, 9.17) is 9.47 Å². The van der Waals surface area contributed by atoms with E-state index in [-0.39, 0.29) is 16.4 Å². The molecule has 3 heterocycles. The molecule has 0 bridgehead atoms. The van der Waals surface area contributed by atoms with Crippen molar-refractivity contribution in [2.24, 2.45) is 0 Å². The third-order valence-electron chi connectivity index (χ3n) is 7.06. The molecule has 7 nitrogen and oxygen atoms in total. The fraction of sp³-hybridized carbons (Fsp3) is 0.519. The van der Waals surface area contributed by atoms with Crippen molar-refractivity contribution in [3.8, 4) is 16.9 Å². The summed E-state index contributed by atoms with van der Waals surface area (Å²) in [5.41, 5.74) is 4.08. The lowest BCUT2D eigenvalue weighted by atomic mass is 9.87. The summed E-state index contributed by atoms with van der Waals surface area (Å²) < 4.78 is 26.4. The minimum absolute atomic E-state index is 0.0848. The van der Waals surface area contributed by atoms with Gasteiger partial charge in [0.15, 0.2) is 0 Å². The molecule has 0 saturated carbocycles. The minimum atomic E-state index is -0.984. The molecule has 0 aromatic heterocycles. The van der Waals surface area contributed by atoms with Crippen LogP contribution in [0.2, 0.25) is 0 Å². The summed E-state index contributed by atoms with van der Waals surface area (Å²) in [5, 5.41) is 2.98. The first kappa shape index (κ1) is 24.3. The first-order valence-electron chi connectivity index (χ1n) is 12.5. The van der Waals surface area contributed by atoms with Crippen molar-refractivity contribution in [1.82, 2.24) is 9.21 Å². The van der Waals surface area contributed by atoms with Gasteiger partial charge in [0.2, 0.25) is 0 Å². The van der Waals surface area contributed by atoms with Crippen molar-refractivity contribution in [3.05, 3.63) is 48.0 Å². The van der Waals surface area contributed by atoms with Crippen LogP contribution in [0.3, 0.4) is 0 Å². The maximum Gasteiger partial charge on any atom is 0.321 e. The van der Waals surface area contributed by atoms with E-state index in [2.05, 4.69) is 27.8 Å². The molecule has 35 heavy (non-hydrogen) atoms. The number of nitrogens with one attached hydrogen (secondary N) is 1. The quantitative estimate of drug-likeness (QED) is 0.680. The summed E-state index contributed by atoms with van der Waals surface area (Å²) in [6, 6.07) is 14.3. The molecule has 5 rings (SSSR count). The molecule has 2 saturated heterocycles. The molecule has 188 valence electrons. The zero-order valence-electron chi connectivity index (χ0n) is 20.8. The molecular weight excluding hydrogens is 462 g/mol. The highest BCUT2D eigenvalue weighted by molar-refractivity contribution is 7.84. The highest BCUT2D eigenvalue weighted by Crippen LogP contribution is 2.43. The number of hydrogen-bond donors (Lipinski definition) is 1. The highest BCUT2D eigenvalue weighted by Gasteiger charge is 2.44. The topological polar surface area (TPSA) is 71.1 Å². The number of urea groups is 1.